The normalized spacial score (nSPS) is 17.0. The number of hydrogen-bond acceptors (Lipinski definition) is 10. The number of nitrogens with one attached hydrogen (secondary N) is 1. The van der Waals surface area contributed by atoms with Crippen LogP contribution in [0.3, 0.4) is 0 Å². The van der Waals surface area contributed by atoms with Crippen LogP contribution in [0.5, 0.6) is 5.75 Å². The molecule has 1 aliphatic heterocycles. The molecule has 0 radical (unpaired) electrons. The highest BCUT2D eigenvalue weighted by Gasteiger charge is 2.28. The van der Waals surface area contributed by atoms with Gasteiger partial charge in [0.25, 0.3) is 5.91 Å². The van der Waals surface area contributed by atoms with Crippen LogP contribution in [0.25, 0.3) is 5.82 Å². The number of nitrogen functional groups attached to an aromatic ring is 1. The summed E-state index contributed by atoms with van der Waals surface area (Å²) >= 11 is 0. The van der Waals surface area contributed by atoms with Crippen molar-refractivity contribution in [2.75, 3.05) is 18.9 Å². The monoisotopic (exact) mass is 467 g/mol. The average Bonchev–Trinajstić information content (AvgIpc) is 3.45. The second-order valence-corrected chi connectivity index (χ2v) is 8.18. The Morgan fingerprint density at radius 2 is 2.09 bits per heavy atom. The van der Waals surface area contributed by atoms with Crippen LogP contribution < -0.4 is 15.9 Å². The first-order valence-corrected chi connectivity index (χ1v) is 11.3. The minimum atomic E-state index is -0.480. The van der Waals surface area contributed by atoms with E-state index in [9.17, 15) is 4.79 Å². The fourth-order valence-electron chi connectivity index (χ4n) is 3.92. The third kappa shape index (κ3) is 5.06. The summed E-state index contributed by atoms with van der Waals surface area (Å²) in [6.45, 7) is 7.87. The van der Waals surface area contributed by atoms with E-state index in [2.05, 4.69) is 43.0 Å². The van der Waals surface area contributed by atoms with E-state index in [1.165, 1.54) is 11.1 Å². The molecular weight excluding hydrogens is 438 g/mol. The van der Waals surface area contributed by atoms with Crippen LogP contribution >= 0.6 is 0 Å². The summed E-state index contributed by atoms with van der Waals surface area (Å²) in [6, 6.07) is 7.85. The van der Waals surface area contributed by atoms with Gasteiger partial charge in [0.15, 0.2) is 5.69 Å². The molecule has 0 aliphatic carbocycles. The molecule has 0 spiro atoms. The van der Waals surface area contributed by atoms with Crippen LogP contribution in [0.2, 0.25) is 0 Å². The largest absolute Gasteiger partial charge is 0.494 e. The van der Waals surface area contributed by atoms with E-state index < -0.39 is 5.91 Å². The lowest BCUT2D eigenvalue weighted by molar-refractivity contribution is 0.0944. The Hall–Kier alpha value is -3.80. The number of benzene rings is 1. The summed E-state index contributed by atoms with van der Waals surface area (Å²) in [5, 5.41) is 19.9. The van der Waals surface area contributed by atoms with Gasteiger partial charge in [-0.3, -0.25) is 9.69 Å². The first-order valence-electron chi connectivity index (χ1n) is 11.3. The molecule has 0 saturated carbocycles. The summed E-state index contributed by atoms with van der Waals surface area (Å²) in [5.74, 6) is 0.554. The Morgan fingerprint density at radius 3 is 2.76 bits per heavy atom. The number of aromatic nitrogens is 5. The molecule has 180 valence electrons. The number of piperidine rings is 1. The molecule has 1 amide bonds. The van der Waals surface area contributed by atoms with E-state index in [-0.39, 0.29) is 17.3 Å². The molecule has 1 fully saturated rings. The number of nitrogens with two attached hydrogens (primary N) is 1. The second-order valence-electron chi connectivity index (χ2n) is 8.18. The lowest BCUT2D eigenvalue weighted by Gasteiger charge is -2.33. The molecule has 3 heterocycles. The minimum absolute atomic E-state index is 0.0640. The number of carbonyl (C=O) groups excluding carboxylic acids is 1. The van der Waals surface area contributed by atoms with Crippen LogP contribution in [0.15, 0.2) is 34.0 Å². The highest BCUT2D eigenvalue weighted by molar-refractivity contribution is 6.00. The molecular formula is C22H29N9O3. The molecule has 12 heteroatoms. The van der Waals surface area contributed by atoms with Crippen molar-refractivity contribution < 1.29 is 14.2 Å². The third-order valence-corrected chi connectivity index (χ3v) is 5.88. The number of carbonyl (C=O) groups is 1. The number of hydrazone groups is 1. The smallest absolute Gasteiger partial charge is 0.293 e. The lowest BCUT2D eigenvalue weighted by atomic mass is 10.0. The van der Waals surface area contributed by atoms with Crippen molar-refractivity contribution in [2.45, 2.75) is 52.6 Å². The maximum Gasteiger partial charge on any atom is 0.293 e. The molecule has 12 nitrogen and oxygen atoms in total. The first kappa shape index (κ1) is 23.4. The number of ether oxygens (including phenoxy) is 1. The highest BCUT2D eigenvalue weighted by Crippen LogP contribution is 2.23. The number of likely N-dealkylation sites (tertiary alicyclic amines) is 1. The van der Waals surface area contributed by atoms with Crippen molar-refractivity contribution in [3.63, 3.8) is 0 Å². The zero-order valence-electron chi connectivity index (χ0n) is 19.6. The quantitative estimate of drug-likeness (QED) is 0.375. The van der Waals surface area contributed by atoms with Crippen molar-refractivity contribution in [1.82, 2.24) is 35.6 Å². The maximum absolute atomic E-state index is 13.1. The number of rotatable bonds is 8. The first-order chi connectivity index (χ1) is 16.5. The molecule has 2 aromatic heterocycles. The van der Waals surface area contributed by atoms with E-state index in [4.69, 9.17) is 15.1 Å². The molecule has 34 heavy (non-hydrogen) atoms. The Morgan fingerprint density at radius 1 is 1.29 bits per heavy atom. The molecule has 1 unspecified atom stereocenters. The fraction of sp³-hybridized carbons (Fsp3) is 0.455. The Kier molecular flexibility index (Phi) is 7.16. The van der Waals surface area contributed by atoms with Crippen molar-refractivity contribution in [3.8, 4) is 11.6 Å². The second kappa shape index (κ2) is 10.4. The third-order valence-electron chi connectivity index (χ3n) is 5.88. The van der Waals surface area contributed by atoms with Crippen LogP contribution in [-0.4, -0.2) is 61.0 Å². The molecule has 1 atom stereocenters. The van der Waals surface area contributed by atoms with Gasteiger partial charge in [-0.2, -0.15) is 9.78 Å². The van der Waals surface area contributed by atoms with Gasteiger partial charge >= 0.3 is 0 Å². The highest BCUT2D eigenvalue weighted by atomic mass is 16.6. The molecule has 1 aromatic carbocycles. The van der Waals surface area contributed by atoms with Crippen LogP contribution in [-0.2, 0) is 6.54 Å². The molecule has 0 bridgehead atoms. The van der Waals surface area contributed by atoms with Gasteiger partial charge in [-0.15, -0.1) is 5.10 Å². The zero-order valence-corrected chi connectivity index (χ0v) is 19.6. The summed E-state index contributed by atoms with van der Waals surface area (Å²) in [7, 11) is 0. The number of nitrogens with zero attached hydrogens (tertiary/aromatic N) is 7. The van der Waals surface area contributed by atoms with E-state index in [0.717, 1.165) is 30.7 Å². The van der Waals surface area contributed by atoms with Crippen molar-refractivity contribution in [1.29, 1.82) is 0 Å². The Bertz CT molecular complexity index is 1150. The van der Waals surface area contributed by atoms with Crippen LogP contribution in [0, 0.1) is 0 Å². The van der Waals surface area contributed by atoms with Gasteiger partial charge in [0.05, 0.1) is 18.0 Å². The molecule has 4 rings (SSSR count). The van der Waals surface area contributed by atoms with E-state index in [1.54, 1.807) is 0 Å². The molecule has 1 aliphatic rings. The summed E-state index contributed by atoms with van der Waals surface area (Å²) in [4.78, 5) is 15.4. The molecule has 1 saturated heterocycles. The number of amides is 1. The fourth-order valence-corrected chi connectivity index (χ4v) is 3.92. The van der Waals surface area contributed by atoms with Gasteiger partial charge in [0.1, 0.15) is 5.75 Å². The van der Waals surface area contributed by atoms with Crippen molar-refractivity contribution in [3.05, 3.63) is 41.2 Å². The standard InChI is InChI=1S/C22H29N9O3/c1-4-33-17-10-8-16(9-11-17)15(3)24-26-22(32)19-18(13-30-12-6-5-7-14(30)2)31(29-25-19)21-20(23)27-34-28-21/h8-11,14H,4-7,12-13H2,1-3H3,(H2,23,27)(H,26,32). The molecule has 3 aromatic rings. The minimum Gasteiger partial charge on any atom is -0.494 e. The Balaban J connectivity index is 1.57. The number of hydrogen-bond donors (Lipinski definition) is 2. The van der Waals surface area contributed by atoms with Gasteiger partial charge in [0, 0.05) is 12.6 Å². The summed E-state index contributed by atoms with van der Waals surface area (Å²) in [5.41, 5.74) is 10.7. The predicted octanol–water partition coefficient (Wildman–Crippen LogP) is 2.16. The zero-order chi connectivity index (χ0) is 24.1. The SMILES string of the molecule is CCOc1ccc(C(C)=NNC(=O)c2nnn(-c3nonc3N)c2CN2CCCCC2C)cc1. The van der Waals surface area contributed by atoms with Gasteiger partial charge in [-0.25, -0.2) is 10.1 Å². The molecule has 3 N–H and O–H groups in total. The van der Waals surface area contributed by atoms with E-state index in [0.29, 0.717) is 30.6 Å². The number of anilines is 1. The topological polar surface area (TPSA) is 150 Å². The predicted molar refractivity (Wildman–Crippen MR) is 125 cm³/mol. The Labute approximate surface area is 197 Å². The van der Waals surface area contributed by atoms with Gasteiger partial charge < -0.3 is 10.5 Å². The van der Waals surface area contributed by atoms with Crippen molar-refractivity contribution >= 4 is 17.4 Å². The van der Waals surface area contributed by atoms with Gasteiger partial charge in [-0.05, 0) is 80.3 Å². The summed E-state index contributed by atoms with van der Waals surface area (Å²) < 4.78 is 11.6. The summed E-state index contributed by atoms with van der Waals surface area (Å²) in [6.07, 6.45) is 3.36. The van der Waals surface area contributed by atoms with E-state index >= 15 is 0 Å². The van der Waals surface area contributed by atoms with Crippen LogP contribution in [0.1, 0.15) is 61.8 Å². The van der Waals surface area contributed by atoms with Crippen molar-refractivity contribution in [2.24, 2.45) is 5.10 Å². The van der Waals surface area contributed by atoms with E-state index in [1.807, 2.05) is 38.1 Å². The lowest BCUT2D eigenvalue weighted by Crippen LogP contribution is -2.38. The van der Waals surface area contributed by atoms with Gasteiger partial charge in [0.2, 0.25) is 11.6 Å². The maximum atomic E-state index is 13.1. The average molecular weight is 468 g/mol. The van der Waals surface area contributed by atoms with Crippen LogP contribution in [0.4, 0.5) is 5.82 Å². The van der Waals surface area contributed by atoms with Gasteiger partial charge in [-0.1, -0.05) is 11.6 Å².